The highest BCUT2D eigenvalue weighted by Gasteiger charge is 2.51. The van der Waals surface area contributed by atoms with Crippen LogP contribution in [-0.2, 0) is 34.8 Å². The SMILES string of the molecule is CC(=O)N(C)C.Cc1cc(CNC(=O)c2nc3n(c(=O)c2O)CC2(Cn4cncn4)CCC3(NC=O)CC2)ccc1F. The number of rotatable bonds is 7. The lowest BCUT2D eigenvalue weighted by molar-refractivity contribution is -0.126. The summed E-state index contributed by atoms with van der Waals surface area (Å²) in [7, 11) is 3.45. The first-order valence-corrected chi connectivity index (χ1v) is 13.5. The number of nitrogens with one attached hydrogen (secondary N) is 2. The maximum atomic E-state index is 13.6. The quantitative estimate of drug-likeness (QED) is 0.350. The molecule has 13 nitrogen and oxygen atoms in total. The molecule has 1 fully saturated rings. The van der Waals surface area contributed by atoms with Gasteiger partial charge >= 0.3 is 0 Å². The summed E-state index contributed by atoms with van der Waals surface area (Å²) in [6.45, 7) is 3.96. The Hall–Kier alpha value is -4.62. The number of halogens is 1. The molecule has 0 saturated heterocycles. The van der Waals surface area contributed by atoms with Gasteiger partial charge in [-0.2, -0.15) is 5.10 Å². The van der Waals surface area contributed by atoms with Gasteiger partial charge < -0.3 is 20.6 Å². The van der Waals surface area contributed by atoms with Gasteiger partial charge in [-0.1, -0.05) is 12.1 Å². The fourth-order valence-electron chi connectivity index (χ4n) is 5.41. The lowest BCUT2D eigenvalue weighted by Crippen LogP contribution is -2.47. The summed E-state index contributed by atoms with van der Waals surface area (Å²) in [5.41, 5.74) is -1.38. The van der Waals surface area contributed by atoms with Gasteiger partial charge in [-0.05, 0) is 49.8 Å². The number of benzene rings is 1. The molecular formula is C28H35FN8O5. The number of carbonyl (C=O) groups is 3. The minimum atomic E-state index is -0.944. The highest BCUT2D eigenvalue weighted by atomic mass is 19.1. The summed E-state index contributed by atoms with van der Waals surface area (Å²) in [6, 6.07) is 4.45. The van der Waals surface area contributed by atoms with Crippen LogP contribution < -0.4 is 16.2 Å². The molecule has 2 aromatic heterocycles. The third kappa shape index (κ3) is 6.16. The standard InChI is InChI=1S/C24H26FN7O4.C4H9NO/c1-15-8-16(2-3-17(15)25)9-27-20(35)18-19(34)21(36)32-11-23(10-31-13-26-12-29-31)4-6-24(7-5-23,28-14-33)22(32)30-18;1-4(6)5(2)3/h2-3,8,12-14,34H,4-7,9-11H2,1H3,(H,27,35)(H,28,33);1-3H3. The van der Waals surface area contributed by atoms with Gasteiger partial charge in [0, 0.05) is 39.5 Å². The average molecular weight is 583 g/mol. The normalized spacial score (nSPS) is 20.4. The molecule has 1 aromatic carbocycles. The number of aryl methyl sites for hydroxylation is 1. The van der Waals surface area contributed by atoms with Crippen molar-refractivity contribution in [3.05, 3.63) is 69.7 Å². The van der Waals surface area contributed by atoms with E-state index < -0.39 is 28.4 Å². The number of carbonyl (C=O) groups excluding carboxylic acids is 3. The number of hydrogen-bond donors (Lipinski definition) is 3. The van der Waals surface area contributed by atoms with Crippen molar-refractivity contribution in [1.82, 2.24) is 39.8 Å². The Morgan fingerprint density at radius 1 is 1.21 bits per heavy atom. The maximum Gasteiger partial charge on any atom is 0.296 e. The second-order valence-electron chi connectivity index (χ2n) is 11.1. The van der Waals surface area contributed by atoms with Crippen LogP contribution in [0.1, 0.15) is 60.0 Å². The number of aromatic nitrogens is 5. The Balaban J connectivity index is 0.000000612. The zero-order valence-corrected chi connectivity index (χ0v) is 24.1. The van der Waals surface area contributed by atoms with Crippen LogP contribution in [0.2, 0.25) is 0 Å². The second-order valence-corrected chi connectivity index (χ2v) is 11.1. The van der Waals surface area contributed by atoms with Crippen LogP contribution in [0.3, 0.4) is 0 Å². The zero-order valence-electron chi connectivity index (χ0n) is 24.1. The van der Waals surface area contributed by atoms with Crippen molar-refractivity contribution >= 4 is 18.2 Å². The van der Waals surface area contributed by atoms with Crippen molar-refractivity contribution < 1.29 is 23.9 Å². The van der Waals surface area contributed by atoms with Gasteiger partial charge in [0.1, 0.15) is 24.3 Å². The first-order chi connectivity index (χ1) is 19.9. The fraction of sp³-hybridized carbons (Fsp3) is 0.464. The number of nitrogens with zero attached hydrogens (tertiary/aromatic N) is 6. The molecule has 14 heteroatoms. The Bertz CT molecular complexity index is 1530. The van der Waals surface area contributed by atoms with E-state index in [2.05, 4.69) is 25.7 Å². The minimum Gasteiger partial charge on any atom is -0.501 e. The van der Waals surface area contributed by atoms with Crippen molar-refractivity contribution in [2.45, 2.75) is 64.7 Å². The summed E-state index contributed by atoms with van der Waals surface area (Å²) >= 11 is 0. The lowest BCUT2D eigenvalue weighted by atomic mass is 9.68. The monoisotopic (exact) mass is 582 g/mol. The summed E-state index contributed by atoms with van der Waals surface area (Å²) in [6.07, 6.45) is 5.99. The van der Waals surface area contributed by atoms with E-state index in [-0.39, 0.29) is 36.1 Å². The van der Waals surface area contributed by atoms with E-state index >= 15 is 0 Å². The molecule has 2 bridgehead atoms. The van der Waals surface area contributed by atoms with Gasteiger partial charge in [0.05, 0.1) is 12.1 Å². The molecule has 3 N–H and O–H groups in total. The molecule has 2 aliphatic heterocycles. The smallest absolute Gasteiger partial charge is 0.296 e. The predicted molar refractivity (Wildman–Crippen MR) is 149 cm³/mol. The van der Waals surface area contributed by atoms with Crippen LogP contribution in [0.4, 0.5) is 4.39 Å². The number of amides is 3. The molecule has 0 radical (unpaired) electrons. The molecule has 0 atom stereocenters. The van der Waals surface area contributed by atoms with Gasteiger partial charge in [-0.25, -0.2) is 14.4 Å². The molecule has 4 heterocycles. The van der Waals surface area contributed by atoms with Crippen LogP contribution in [0.25, 0.3) is 0 Å². The van der Waals surface area contributed by atoms with Gasteiger partial charge in [0.2, 0.25) is 18.1 Å². The number of fused-ring (bicyclic) bond motifs is 2. The van der Waals surface area contributed by atoms with Crippen LogP contribution in [0.5, 0.6) is 5.75 Å². The molecule has 42 heavy (non-hydrogen) atoms. The van der Waals surface area contributed by atoms with Crippen molar-refractivity contribution in [2.75, 3.05) is 14.1 Å². The third-order valence-electron chi connectivity index (χ3n) is 8.05. The zero-order chi connectivity index (χ0) is 30.7. The molecule has 3 aromatic rings. The number of hydrogen-bond acceptors (Lipinski definition) is 8. The Labute approximate surface area is 241 Å². The summed E-state index contributed by atoms with van der Waals surface area (Å²) in [5, 5.41) is 20.4. The molecule has 6 rings (SSSR count). The minimum absolute atomic E-state index is 0.0538. The van der Waals surface area contributed by atoms with Gasteiger partial charge in [-0.15, -0.1) is 0 Å². The summed E-state index contributed by atoms with van der Waals surface area (Å²) in [5.74, 6) is -1.52. The van der Waals surface area contributed by atoms with Gasteiger partial charge in [0.25, 0.3) is 11.5 Å². The molecule has 3 amide bonds. The van der Waals surface area contributed by atoms with Crippen LogP contribution in [-0.4, -0.2) is 66.6 Å². The van der Waals surface area contributed by atoms with Gasteiger partial charge in [0.15, 0.2) is 5.69 Å². The molecular weight excluding hydrogens is 547 g/mol. The molecule has 0 unspecified atom stereocenters. The predicted octanol–water partition coefficient (Wildman–Crippen LogP) is 1.23. The Kier molecular flexibility index (Phi) is 8.73. The molecule has 1 saturated carbocycles. The van der Waals surface area contributed by atoms with Crippen molar-refractivity contribution in [1.29, 1.82) is 0 Å². The first-order valence-electron chi connectivity index (χ1n) is 13.5. The van der Waals surface area contributed by atoms with E-state index in [1.165, 1.54) is 34.9 Å². The number of aromatic hydroxyl groups is 1. The van der Waals surface area contributed by atoms with E-state index in [0.29, 0.717) is 49.8 Å². The largest absolute Gasteiger partial charge is 0.501 e. The van der Waals surface area contributed by atoms with E-state index in [1.807, 2.05) is 0 Å². The Morgan fingerprint density at radius 3 is 2.48 bits per heavy atom. The maximum absolute atomic E-state index is 13.6. The van der Waals surface area contributed by atoms with E-state index in [0.717, 1.165) is 0 Å². The molecule has 0 spiro atoms. The van der Waals surface area contributed by atoms with Gasteiger partial charge in [-0.3, -0.25) is 28.4 Å². The topological polar surface area (TPSA) is 164 Å². The molecule has 3 aliphatic rings. The summed E-state index contributed by atoms with van der Waals surface area (Å²) < 4.78 is 16.6. The van der Waals surface area contributed by atoms with E-state index in [9.17, 15) is 28.7 Å². The molecule has 1 aliphatic carbocycles. The second kappa shape index (κ2) is 12.1. The third-order valence-corrected chi connectivity index (χ3v) is 8.05. The van der Waals surface area contributed by atoms with Crippen molar-refractivity contribution in [2.24, 2.45) is 5.41 Å². The van der Waals surface area contributed by atoms with E-state index in [1.54, 1.807) is 38.1 Å². The first kappa shape index (κ1) is 30.3. The van der Waals surface area contributed by atoms with E-state index in [4.69, 9.17) is 0 Å². The Morgan fingerprint density at radius 2 is 1.90 bits per heavy atom. The highest BCUT2D eigenvalue weighted by molar-refractivity contribution is 5.94. The highest BCUT2D eigenvalue weighted by Crippen LogP contribution is 2.50. The molecule has 224 valence electrons. The summed E-state index contributed by atoms with van der Waals surface area (Å²) in [4.78, 5) is 58.0. The average Bonchev–Trinajstić information content (AvgIpc) is 3.37. The van der Waals surface area contributed by atoms with Crippen LogP contribution >= 0.6 is 0 Å². The van der Waals surface area contributed by atoms with Crippen molar-refractivity contribution in [3.8, 4) is 5.75 Å². The van der Waals surface area contributed by atoms with Crippen LogP contribution in [0, 0.1) is 18.2 Å². The lowest BCUT2D eigenvalue weighted by Gasteiger charge is -2.41. The van der Waals surface area contributed by atoms with Crippen molar-refractivity contribution in [3.63, 3.8) is 0 Å². The fourth-order valence-corrected chi connectivity index (χ4v) is 5.41. The van der Waals surface area contributed by atoms with Crippen LogP contribution in [0.15, 0.2) is 35.6 Å².